The summed E-state index contributed by atoms with van der Waals surface area (Å²) < 4.78 is 19.1. The average molecular weight is 632 g/mol. The summed E-state index contributed by atoms with van der Waals surface area (Å²) in [6.07, 6.45) is 31.1. The largest absolute Gasteiger partial charge is 0.490 e. The van der Waals surface area contributed by atoms with Crippen LogP contribution in [-0.4, -0.2) is 32.3 Å². The smallest absolute Gasteiger partial charge is 0.251 e. The Labute approximate surface area is 279 Å². The Bertz CT molecular complexity index is 768. The molecular formula is C40H73NO4. The zero-order chi connectivity index (χ0) is 32.6. The van der Waals surface area contributed by atoms with Gasteiger partial charge in [0.15, 0.2) is 11.5 Å². The van der Waals surface area contributed by atoms with Crippen molar-refractivity contribution >= 4 is 5.91 Å². The lowest BCUT2D eigenvalue weighted by molar-refractivity contribution is 0.0952. The van der Waals surface area contributed by atoms with E-state index < -0.39 is 0 Å². The molecule has 1 aromatic carbocycles. The number of hydrogen-bond acceptors (Lipinski definition) is 4. The number of rotatable bonds is 33. The standard InChI is InChI=1S/C40H73NO4/c1-5-9-12-15-18-21-24-27-31-43-37-34-36(40(42)41-30-8-4)35-38(44-32-28-25-22-19-16-13-10-6-2)39(37)45-33-29-26-23-20-17-14-11-7-3/h34-35H,5-33H2,1-4H3,(H,41,42). The molecular weight excluding hydrogens is 558 g/mol. The first kappa shape index (κ1) is 41.1. The molecule has 0 saturated carbocycles. The van der Waals surface area contributed by atoms with Gasteiger partial charge in [-0.15, -0.1) is 0 Å². The first-order valence-electron chi connectivity index (χ1n) is 19.5. The second kappa shape index (κ2) is 30.7. The molecule has 1 aromatic rings. The Hall–Kier alpha value is -1.91. The van der Waals surface area contributed by atoms with E-state index in [0.717, 1.165) is 25.7 Å². The molecule has 0 heterocycles. The summed E-state index contributed by atoms with van der Waals surface area (Å²) in [6, 6.07) is 3.73. The van der Waals surface area contributed by atoms with E-state index in [0.29, 0.717) is 49.2 Å². The zero-order valence-corrected chi connectivity index (χ0v) is 30.3. The highest BCUT2D eigenvalue weighted by Gasteiger charge is 2.19. The van der Waals surface area contributed by atoms with E-state index in [1.807, 2.05) is 12.1 Å². The second-order valence-electron chi connectivity index (χ2n) is 13.0. The molecule has 0 radical (unpaired) electrons. The quantitative estimate of drug-likeness (QED) is 0.0784. The maximum Gasteiger partial charge on any atom is 0.251 e. The maximum atomic E-state index is 13.0. The van der Waals surface area contributed by atoms with Crippen molar-refractivity contribution < 1.29 is 19.0 Å². The lowest BCUT2D eigenvalue weighted by Gasteiger charge is -2.19. The van der Waals surface area contributed by atoms with Crippen molar-refractivity contribution in [3.63, 3.8) is 0 Å². The van der Waals surface area contributed by atoms with Gasteiger partial charge in [-0.05, 0) is 37.8 Å². The Morgan fingerprint density at radius 3 is 1.16 bits per heavy atom. The molecule has 1 amide bonds. The summed E-state index contributed by atoms with van der Waals surface area (Å²) in [5.41, 5.74) is 0.583. The van der Waals surface area contributed by atoms with E-state index >= 15 is 0 Å². The van der Waals surface area contributed by atoms with Gasteiger partial charge in [-0.25, -0.2) is 0 Å². The van der Waals surface area contributed by atoms with Gasteiger partial charge < -0.3 is 19.5 Å². The van der Waals surface area contributed by atoms with E-state index in [9.17, 15) is 4.79 Å². The van der Waals surface area contributed by atoms with Crippen LogP contribution in [0.4, 0.5) is 0 Å². The van der Waals surface area contributed by atoms with Crippen LogP contribution in [0.15, 0.2) is 12.1 Å². The average Bonchev–Trinajstić information content (AvgIpc) is 3.05. The van der Waals surface area contributed by atoms with Crippen LogP contribution in [-0.2, 0) is 0 Å². The van der Waals surface area contributed by atoms with E-state index in [2.05, 4.69) is 33.0 Å². The molecule has 262 valence electrons. The fraction of sp³-hybridized carbons (Fsp3) is 0.825. The number of nitrogens with one attached hydrogen (secondary N) is 1. The Balaban J connectivity index is 2.84. The molecule has 0 aliphatic heterocycles. The molecule has 0 bridgehead atoms. The molecule has 0 spiro atoms. The van der Waals surface area contributed by atoms with Crippen LogP contribution in [0.1, 0.15) is 199 Å². The molecule has 0 aromatic heterocycles. The molecule has 45 heavy (non-hydrogen) atoms. The summed E-state index contributed by atoms with van der Waals surface area (Å²) >= 11 is 0. The summed E-state index contributed by atoms with van der Waals surface area (Å²) in [4.78, 5) is 13.0. The molecule has 0 saturated heterocycles. The molecule has 1 N–H and O–H groups in total. The van der Waals surface area contributed by atoms with Crippen molar-refractivity contribution in [3.8, 4) is 17.2 Å². The number of unbranched alkanes of at least 4 members (excludes halogenated alkanes) is 21. The molecule has 5 heteroatoms. The fourth-order valence-corrected chi connectivity index (χ4v) is 5.65. The number of benzene rings is 1. The minimum Gasteiger partial charge on any atom is -0.490 e. The van der Waals surface area contributed by atoms with Gasteiger partial charge in [-0.1, -0.05) is 163 Å². The first-order chi connectivity index (χ1) is 22.2. The monoisotopic (exact) mass is 632 g/mol. The summed E-state index contributed by atoms with van der Waals surface area (Å²) in [6.45, 7) is 11.4. The van der Waals surface area contributed by atoms with Gasteiger partial charge in [0.1, 0.15) is 0 Å². The van der Waals surface area contributed by atoms with Gasteiger partial charge >= 0.3 is 0 Å². The Morgan fingerprint density at radius 1 is 0.467 bits per heavy atom. The van der Waals surface area contributed by atoms with Gasteiger partial charge in [0, 0.05) is 12.1 Å². The highest BCUT2D eigenvalue weighted by Crippen LogP contribution is 2.39. The van der Waals surface area contributed by atoms with E-state index in [-0.39, 0.29) is 5.91 Å². The summed E-state index contributed by atoms with van der Waals surface area (Å²) in [7, 11) is 0. The van der Waals surface area contributed by atoms with Crippen LogP contribution >= 0.6 is 0 Å². The lowest BCUT2D eigenvalue weighted by Crippen LogP contribution is -2.24. The van der Waals surface area contributed by atoms with E-state index in [4.69, 9.17) is 14.2 Å². The van der Waals surface area contributed by atoms with E-state index in [1.165, 1.54) is 135 Å². The molecule has 1 rings (SSSR count). The highest BCUT2D eigenvalue weighted by atomic mass is 16.5. The van der Waals surface area contributed by atoms with Crippen molar-refractivity contribution in [2.45, 2.75) is 188 Å². The summed E-state index contributed by atoms with van der Waals surface area (Å²) in [5.74, 6) is 1.88. The summed E-state index contributed by atoms with van der Waals surface area (Å²) in [5, 5.41) is 3.03. The molecule has 0 atom stereocenters. The first-order valence-corrected chi connectivity index (χ1v) is 19.5. The van der Waals surface area contributed by atoms with Crippen molar-refractivity contribution in [2.75, 3.05) is 26.4 Å². The number of carbonyl (C=O) groups excluding carboxylic acids is 1. The molecule has 0 fully saturated rings. The number of amides is 1. The van der Waals surface area contributed by atoms with Gasteiger partial charge in [0.2, 0.25) is 5.75 Å². The van der Waals surface area contributed by atoms with Crippen molar-refractivity contribution in [3.05, 3.63) is 17.7 Å². The topological polar surface area (TPSA) is 56.8 Å². The van der Waals surface area contributed by atoms with Crippen LogP contribution < -0.4 is 19.5 Å². The molecule has 5 nitrogen and oxygen atoms in total. The maximum absolute atomic E-state index is 13.0. The normalized spacial score (nSPS) is 11.1. The molecule has 0 aliphatic carbocycles. The highest BCUT2D eigenvalue weighted by molar-refractivity contribution is 5.95. The van der Waals surface area contributed by atoms with Crippen molar-refractivity contribution in [1.29, 1.82) is 0 Å². The zero-order valence-electron chi connectivity index (χ0n) is 30.3. The Morgan fingerprint density at radius 2 is 0.800 bits per heavy atom. The number of ether oxygens (including phenoxy) is 3. The predicted molar refractivity (Wildman–Crippen MR) is 193 cm³/mol. The number of hydrogen-bond donors (Lipinski definition) is 1. The van der Waals surface area contributed by atoms with Crippen LogP contribution in [0.2, 0.25) is 0 Å². The molecule has 0 unspecified atom stereocenters. The van der Waals surface area contributed by atoms with Gasteiger partial charge in [-0.3, -0.25) is 4.79 Å². The van der Waals surface area contributed by atoms with Crippen LogP contribution in [0.3, 0.4) is 0 Å². The predicted octanol–water partition coefficient (Wildman–Crippen LogP) is 12.4. The van der Waals surface area contributed by atoms with Gasteiger partial charge in [0.05, 0.1) is 19.8 Å². The Kier molecular flexibility index (Phi) is 28.1. The van der Waals surface area contributed by atoms with Crippen LogP contribution in [0.25, 0.3) is 0 Å². The number of carbonyl (C=O) groups is 1. The second-order valence-corrected chi connectivity index (χ2v) is 13.0. The third-order valence-electron chi connectivity index (χ3n) is 8.57. The third kappa shape index (κ3) is 22.3. The van der Waals surface area contributed by atoms with Crippen molar-refractivity contribution in [2.24, 2.45) is 0 Å². The fourth-order valence-electron chi connectivity index (χ4n) is 5.65. The van der Waals surface area contributed by atoms with Crippen molar-refractivity contribution in [1.82, 2.24) is 5.32 Å². The van der Waals surface area contributed by atoms with Gasteiger partial charge in [0.25, 0.3) is 5.91 Å². The van der Waals surface area contributed by atoms with E-state index in [1.54, 1.807) is 0 Å². The minimum atomic E-state index is -0.0830. The van der Waals surface area contributed by atoms with Crippen LogP contribution in [0, 0.1) is 0 Å². The van der Waals surface area contributed by atoms with Gasteiger partial charge in [-0.2, -0.15) is 0 Å². The SMILES string of the molecule is CCCCCCCCCCOc1cc(C(=O)NCCC)cc(OCCCCCCCCCC)c1OCCCCCCCCCC. The lowest BCUT2D eigenvalue weighted by atomic mass is 10.1. The third-order valence-corrected chi connectivity index (χ3v) is 8.57. The minimum absolute atomic E-state index is 0.0830. The molecule has 0 aliphatic rings. The van der Waals surface area contributed by atoms with Crippen LogP contribution in [0.5, 0.6) is 17.2 Å².